The van der Waals surface area contributed by atoms with Gasteiger partial charge in [-0.25, -0.2) is 0 Å². The number of hydrogen-bond donors (Lipinski definition) is 7. The van der Waals surface area contributed by atoms with Crippen molar-refractivity contribution in [3.8, 4) is 28.7 Å². The lowest BCUT2D eigenvalue weighted by Gasteiger charge is -2.42. The summed E-state index contributed by atoms with van der Waals surface area (Å²) < 4.78 is 57.9. The Labute approximate surface area is 278 Å². The van der Waals surface area contributed by atoms with Crippen LogP contribution in [0.2, 0.25) is 0 Å². The second kappa shape index (κ2) is 13.3. The molecule has 4 fully saturated rings. The molecular formula is C32H38O17. The zero-order valence-corrected chi connectivity index (χ0v) is 25.9. The van der Waals surface area contributed by atoms with E-state index in [1.165, 1.54) is 0 Å². The Morgan fingerprint density at radius 2 is 1.20 bits per heavy atom. The summed E-state index contributed by atoms with van der Waals surface area (Å²) in [5.74, 6) is 2.27. The number of rotatable bonds is 8. The molecule has 6 heterocycles. The maximum atomic E-state index is 10.9. The summed E-state index contributed by atoms with van der Waals surface area (Å²) in [6.45, 7) is -0.259. The second-order valence-corrected chi connectivity index (χ2v) is 12.9. The van der Waals surface area contributed by atoms with E-state index in [1.807, 2.05) is 18.2 Å². The second-order valence-electron chi connectivity index (χ2n) is 12.9. The third kappa shape index (κ3) is 5.86. The first-order chi connectivity index (χ1) is 23.7. The first kappa shape index (κ1) is 33.1. The van der Waals surface area contributed by atoms with Crippen molar-refractivity contribution in [2.45, 2.75) is 73.6 Å². The summed E-state index contributed by atoms with van der Waals surface area (Å²) in [5.41, 5.74) is 1.50. The van der Waals surface area contributed by atoms with Crippen LogP contribution in [-0.2, 0) is 23.7 Å². The van der Waals surface area contributed by atoms with Crippen molar-refractivity contribution in [1.82, 2.24) is 0 Å². The molecule has 0 aliphatic carbocycles. The van der Waals surface area contributed by atoms with Crippen molar-refractivity contribution in [3.63, 3.8) is 0 Å². The highest BCUT2D eigenvalue weighted by molar-refractivity contribution is 5.53. The van der Waals surface area contributed by atoms with Gasteiger partial charge in [0, 0.05) is 23.5 Å². The van der Waals surface area contributed by atoms with E-state index in [0.29, 0.717) is 41.8 Å². The van der Waals surface area contributed by atoms with E-state index < -0.39 is 80.7 Å². The van der Waals surface area contributed by atoms with Gasteiger partial charge in [-0.05, 0) is 23.8 Å². The zero-order valence-electron chi connectivity index (χ0n) is 25.9. The largest absolute Gasteiger partial charge is 0.461 e. The minimum atomic E-state index is -1.74. The quantitative estimate of drug-likeness (QED) is 0.162. The van der Waals surface area contributed by atoms with E-state index in [1.54, 1.807) is 12.1 Å². The highest BCUT2D eigenvalue weighted by atomic mass is 16.7. The fourth-order valence-corrected chi connectivity index (χ4v) is 7.24. The lowest BCUT2D eigenvalue weighted by Crippen LogP contribution is -2.62. The van der Waals surface area contributed by atoms with Gasteiger partial charge in [0.1, 0.15) is 54.6 Å². The Morgan fingerprint density at radius 1 is 0.612 bits per heavy atom. The molecule has 268 valence electrons. The minimum absolute atomic E-state index is 0.0129. The summed E-state index contributed by atoms with van der Waals surface area (Å²) in [7, 11) is 0. The van der Waals surface area contributed by atoms with Crippen molar-refractivity contribution in [1.29, 1.82) is 0 Å². The molecule has 2 aromatic carbocycles. The summed E-state index contributed by atoms with van der Waals surface area (Å²) in [6, 6.07) is 9.03. The normalized spacial score (nSPS) is 40.8. The predicted molar refractivity (Wildman–Crippen MR) is 157 cm³/mol. The third-order valence-corrected chi connectivity index (χ3v) is 9.99. The monoisotopic (exact) mass is 694 g/mol. The molecule has 17 heteroatoms. The molecule has 14 atom stereocenters. The molecule has 0 spiro atoms. The Bertz CT molecular complexity index is 1510. The van der Waals surface area contributed by atoms with Gasteiger partial charge in [0.2, 0.25) is 19.9 Å². The highest BCUT2D eigenvalue weighted by Gasteiger charge is 2.51. The fourth-order valence-electron chi connectivity index (χ4n) is 7.24. The maximum absolute atomic E-state index is 10.9. The van der Waals surface area contributed by atoms with Crippen LogP contribution in [0.1, 0.15) is 23.3 Å². The van der Waals surface area contributed by atoms with Crippen LogP contribution in [0.25, 0.3) is 0 Å². The van der Waals surface area contributed by atoms with Gasteiger partial charge in [-0.15, -0.1) is 0 Å². The molecule has 6 aliphatic heterocycles. The number of benzene rings is 2. The van der Waals surface area contributed by atoms with E-state index in [9.17, 15) is 35.7 Å². The molecule has 49 heavy (non-hydrogen) atoms. The van der Waals surface area contributed by atoms with Crippen LogP contribution in [0.5, 0.6) is 28.7 Å². The smallest absolute Gasteiger partial charge is 0.231 e. The van der Waals surface area contributed by atoms with Crippen LogP contribution in [0, 0.1) is 11.8 Å². The summed E-state index contributed by atoms with van der Waals surface area (Å²) in [5, 5.41) is 72.3. The Balaban J connectivity index is 1.00. The van der Waals surface area contributed by atoms with Gasteiger partial charge in [-0.2, -0.15) is 0 Å². The van der Waals surface area contributed by atoms with Crippen LogP contribution in [-0.4, -0.2) is 137 Å². The summed E-state index contributed by atoms with van der Waals surface area (Å²) in [4.78, 5) is 0. The lowest BCUT2D eigenvalue weighted by atomic mass is 9.84. The van der Waals surface area contributed by atoms with Crippen LogP contribution in [0.4, 0.5) is 0 Å². The maximum Gasteiger partial charge on any atom is 0.231 e. The van der Waals surface area contributed by atoms with Crippen LogP contribution in [0.15, 0.2) is 30.3 Å². The number of ether oxygens (including phenoxy) is 10. The molecule has 14 unspecified atom stereocenters. The average Bonchev–Trinajstić information content (AvgIpc) is 3.92. The number of hydrogen-bond acceptors (Lipinski definition) is 17. The van der Waals surface area contributed by atoms with Gasteiger partial charge in [-0.1, -0.05) is 6.07 Å². The van der Waals surface area contributed by atoms with E-state index in [2.05, 4.69) is 0 Å². The fraction of sp³-hybridized carbons (Fsp3) is 0.625. The Hall–Kier alpha value is -3.04. The molecule has 7 N–H and O–H groups in total. The summed E-state index contributed by atoms with van der Waals surface area (Å²) >= 11 is 0. The predicted octanol–water partition coefficient (Wildman–Crippen LogP) is -1.78. The van der Waals surface area contributed by atoms with Crippen LogP contribution >= 0.6 is 0 Å². The van der Waals surface area contributed by atoms with Gasteiger partial charge in [0.25, 0.3) is 0 Å². The van der Waals surface area contributed by atoms with Gasteiger partial charge < -0.3 is 83.1 Å². The van der Waals surface area contributed by atoms with Gasteiger partial charge in [0.05, 0.1) is 38.6 Å². The molecular weight excluding hydrogens is 656 g/mol. The molecule has 2 aromatic rings. The molecule has 8 rings (SSSR count). The van der Waals surface area contributed by atoms with Crippen LogP contribution in [0.3, 0.4) is 0 Å². The van der Waals surface area contributed by atoms with Crippen LogP contribution < -0.4 is 23.7 Å². The van der Waals surface area contributed by atoms with E-state index in [-0.39, 0.29) is 37.3 Å². The molecule has 0 bridgehead atoms. The summed E-state index contributed by atoms with van der Waals surface area (Å²) in [6.07, 6.45) is -16.4. The first-order valence-electron chi connectivity index (χ1n) is 16.1. The zero-order chi connectivity index (χ0) is 34.0. The highest BCUT2D eigenvalue weighted by Crippen LogP contribution is 2.54. The third-order valence-electron chi connectivity index (χ3n) is 9.99. The number of aliphatic hydroxyl groups is 7. The van der Waals surface area contributed by atoms with Gasteiger partial charge >= 0.3 is 0 Å². The van der Waals surface area contributed by atoms with Crippen molar-refractivity contribution in [3.05, 3.63) is 41.5 Å². The van der Waals surface area contributed by atoms with Crippen molar-refractivity contribution < 1.29 is 83.1 Å². The van der Waals surface area contributed by atoms with Crippen molar-refractivity contribution in [2.75, 3.05) is 40.0 Å². The molecule has 0 saturated carbocycles. The van der Waals surface area contributed by atoms with Gasteiger partial charge in [0.15, 0.2) is 29.3 Å². The molecule has 0 radical (unpaired) electrons. The SMILES string of the molecule is OCC1OC(OCC2OC(Oc3cc4c(cc3C3OCC5C(c6ccc7c(c6)OCO7)OCC35)OCO4)C(O)C(O)C2O)C(O)C(O)C1O. The molecule has 0 amide bonds. The minimum Gasteiger partial charge on any atom is -0.461 e. The molecule has 4 saturated heterocycles. The van der Waals surface area contributed by atoms with Crippen molar-refractivity contribution >= 4 is 0 Å². The van der Waals surface area contributed by atoms with E-state index >= 15 is 0 Å². The Morgan fingerprint density at radius 3 is 1.94 bits per heavy atom. The first-order valence-corrected chi connectivity index (χ1v) is 16.1. The van der Waals surface area contributed by atoms with E-state index in [4.69, 9.17) is 47.4 Å². The average molecular weight is 695 g/mol. The lowest BCUT2D eigenvalue weighted by molar-refractivity contribution is -0.323. The van der Waals surface area contributed by atoms with Crippen molar-refractivity contribution in [2.24, 2.45) is 11.8 Å². The topological polar surface area (TPSA) is 234 Å². The number of fused-ring (bicyclic) bond motifs is 3. The molecule has 6 aliphatic rings. The van der Waals surface area contributed by atoms with Gasteiger partial charge in [-0.3, -0.25) is 0 Å². The number of aliphatic hydroxyl groups excluding tert-OH is 7. The standard InChI is InChI=1S/C32H38O17/c33-6-21-23(34)25(36)27(38)31(48-21)42-9-22-24(35)26(37)28(39)32(49-22)47-17-5-20-19(45-11-46-20)4-13(17)30-15-8-40-29(14(15)7-41-30)12-1-2-16-18(3-12)44-10-43-16/h1-5,14-15,21-39H,6-11H2. The Kier molecular flexibility index (Phi) is 8.96. The van der Waals surface area contributed by atoms with E-state index in [0.717, 1.165) is 5.56 Å². The molecule has 0 aromatic heterocycles. The molecule has 17 nitrogen and oxygen atoms in total.